The number of carbonyl (C=O) groups is 2. The van der Waals surface area contributed by atoms with Gasteiger partial charge in [0.1, 0.15) is 0 Å². The molecule has 1 fully saturated rings. The van der Waals surface area contributed by atoms with E-state index in [9.17, 15) is 9.59 Å². The van der Waals surface area contributed by atoms with E-state index in [0.29, 0.717) is 25.3 Å². The molecule has 0 aliphatic carbocycles. The number of rotatable bonds is 6. The van der Waals surface area contributed by atoms with Crippen molar-refractivity contribution in [2.45, 2.75) is 39.2 Å². The number of nitrogens with one attached hydrogen (secondary N) is 1. The van der Waals surface area contributed by atoms with Crippen LogP contribution >= 0.6 is 0 Å². The lowest BCUT2D eigenvalue weighted by atomic mass is 9.93. The van der Waals surface area contributed by atoms with Crippen molar-refractivity contribution in [3.63, 3.8) is 0 Å². The SMILES string of the molecule is Cc1cccc(CNC(=O)CC2CCN(C(=O)Cc3ccccc3)CC2)n1. The zero-order valence-corrected chi connectivity index (χ0v) is 15.9. The lowest BCUT2D eigenvalue weighted by Gasteiger charge is -2.32. The number of aromatic nitrogens is 1. The number of aryl methyl sites for hydroxylation is 1. The van der Waals surface area contributed by atoms with Crippen LogP contribution in [0.2, 0.25) is 0 Å². The normalized spacial score (nSPS) is 14.8. The summed E-state index contributed by atoms with van der Waals surface area (Å²) in [4.78, 5) is 31.0. The number of piperidine rings is 1. The van der Waals surface area contributed by atoms with Gasteiger partial charge >= 0.3 is 0 Å². The standard InChI is InChI=1S/C22H27N3O2/c1-17-6-5-9-20(24-17)16-23-21(26)14-19-10-12-25(13-11-19)22(27)15-18-7-3-2-4-8-18/h2-9,19H,10-16H2,1H3,(H,23,26). The van der Waals surface area contributed by atoms with Crippen LogP contribution in [0.5, 0.6) is 0 Å². The second kappa shape index (κ2) is 9.31. The van der Waals surface area contributed by atoms with Crippen molar-refractivity contribution >= 4 is 11.8 Å². The van der Waals surface area contributed by atoms with Crippen molar-refractivity contribution in [3.05, 3.63) is 65.5 Å². The Morgan fingerprint density at radius 1 is 1.07 bits per heavy atom. The van der Waals surface area contributed by atoms with Crippen LogP contribution in [0, 0.1) is 12.8 Å². The highest BCUT2D eigenvalue weighted by Crippen LogP contribution is 2.21. The van der Waals surface area contributed by atoms with Gasteiger partial charge in [-0.2, -0.15) is 0 Å². The van der Waals surface area contributed by atoms with Crippen molar-refractivity contribution in [1.29, 1.82) is 0 Å². The van der Waals surface area contributed by atoms with Crippen LogP contribution in [-0.4, -0.2) is 34.8 Å². The molecule has 1 aliphatic heterocycles. The van der Waals surface area contributed by atoms with Gasteiger partial charge in [-0.05, 0) is 43.4 Å². The maximum atomic E-state index is 12.4. The molecule has 2 heterocycles. The highest BCUT2D eigenvalue weighted by Gasteiger charge is 2.24. The van der Waals surface area contributed by atoms with Gasteiger partial charge in [-0.15, -0.1) is 0 Å². The maximum absolute atomic E-state index is 12.4. The van der Waals surface area contributed by atoms with Crippen molar-refractivity contribution in [2.24, 2.45) is 5.92 Å². The second-order valence-electron chi connectivity index (χ2n) is 7.24. The molecule has 0 unspecified atom stereocenters. The summed E-state index contributed by atoms with van der Waals surface area (Å²) in [6.45, 7) is 3.89. The van der Waals surface area contributed by atoms with Gasteiger partial charge in [-0.1, -0.05) is 36.4 Å². The van der Waals surface area contributed by atoms with Crippen LogP contribution in [0.25, 0.3) is 0 Å². The minimum absolute atomic E-state index is 0.0624. The number of nitrogens with zero attached hydrogens (tertiary/aromatic N) is 2. The second-order valence-corrected chi connectivity index (χ2v) is 7.24. The average Bonchev–Trinajstić information content (AvgIpc) is 2.68. The number of carbonyl (C=O) groups excluding carboxylic acids is 2. The Balaban J connectivity index is 1.38. The molecule has 2 aromatic rings. The highest BCUT2D eigenvalue weighted by atomic mass is 16.2. The van der Waals surface area contributed by atoms with Crippen LogP contribution < -0.4 is 5.32 Å². The third kappa shape index (κ3) is 5.91. The first kappa shape index (κ1) is 19.1. The third-order valence-electron chi connectivity index (χ3n) is 5.05. The first-order valence-electron chi connectivity index (χ1n) is 9.61. The van der Waals surface area contributed by atoms with Gasteiger partial charge in [0.05, 0.1) is 18.7 Å². The van der Waals surface area contributed by atoms with Gasteiger partial charge < -0.3 is 10.2 Å². The van der Waals surface area contributed by atoms with E-state index >= 15 is 0 Å². The van der Waals surface area contributed by atoms with E-state index in [0.717, 1.165) is 42.9 Å². The van der Waals surface area contributed by atoms with E-state index in [-0.39, 0.29) is 11.8 Å². The number of likely N-dealkylation sites (tertiary alicyclic amines) is 1. The lowest BCUT2D eigenvalue weighted by Crippen LogP contribution is -2.40. The Kier molecular flexibility index (Phi) is 6.58. The Labute approximate surface area is 160 Å². The summed E-state index contributed by atoms with van der Waals surface area (Å²) in [6.07, 6.45) is 2.75. The third-order valence-corrected chi connectivity index (χ3v) is 5.05. The monoisotopic (exact) mass is 365 g/mol. The van der Waals surface area contributed by atoms with Crippen LogP contribution in [0.3, 0.4) is 0 Å². The molecular weight excluding hydrogens is 338 g/mol. The van der Waals surface area contributed by atoms with Gasteiger partial charge in [-0.25, -0.2) is 0 Å². The summed E-state index contributed by atoms with van der Waals surface area (Å²) in [5.74, 6) is 0.582. The molecule has 142 valence electrons. The predicted octanol–water partition coefficient (Wildman–Crippen LogP) is 2.88. The highest BCUT2D eigenvalue weighted by molar-refractivity contribution is 5.79. The molecule has 2 amide bonds. The molecule has 0 saturated carbocycles. The molecule has 1 N–H and O–H groups in total. The quantitative estimate of drug-likeness (QED) is 0.856. The molecule has 0 bridgehead atoms. The Morgan fingerprint density at radius 3 is 2.52 bits per heavy atom. The summed E-state index contributed by atoms with van der Waals surface area (Å²) < 4.78 is 0. The Morgan fingerprint density at radius 2 is 1.81 bits per heavy atom. The van der Waals surface area contributed by atoms with Gasteiger partial charge in [0, 0.05) is 25.2 Å². The largest absolute Gasteiger partial charge is 0.350 e. The summed E-state index contributed by atoms with van der Waals surface area (Å²) in [6, 6.07) is 15.7. The average molecular weight is 365 g/mol. The first-order valence-corrected chi connectivity index (χ1v) is 9.61. The molecule has 0 atom stereocenters. The van der Waals surface area contributed by atoms with E-state index in [1.165, 1.54) is 0 Å². The van der Waals surface area contributed by atoms with Gasteiger partial charge in [0.2, 0.25) is 11.8 Å². The summed E-state index contributed by atoms with van der Waals surface area (Å²) >= 11 is 0. The number of amides is 2. The van der Waals surface area contributed by atoms with Gasteiger partial charge in [-0.3, -0.25) is 14.6 Å². The summed E-state index contributed by atoms with van der Waals surface area (Å²) in [5.41, 5.74) is 2.88. The molecule has 0 spiro atoms. The number of pyridine rings is 1. The van der Waals surface area contributed by atoms with E-state index in [1.807, 2.05) is 60.4 Å². The minimum Gasteiger partial charge on any atom is -0.350 e. The van der Waals surface area contributed by atoms with Crippen LogP contribution in [0.1, 0.15) is 36.2 Å². The summed E-state index contributed by atoms with van der Waals surface area (Å²) in [5, 5.41) is 2.96. The molecule has 1 saturated heterocycles. The molecular formula is C22H27N3O2. The van der Waals surface area contributed by atoms with Crippen LogP contribution in [0.15, 0.2) is 48.5 Å². The van der Waals surface area contributed by atoms with E-state index in [2.05, 4.69) is 10.3 Å². The van der Waals surface area contributed by atoms with Crippen molar-refractivity contribution in [3.8, 4) is 0 Å². The lowest BCUT2D eigenvalue weighted by molar-refractivity contribution is -0.132. The van der Waals surface area contributed by atoms with Gasteiger partial charge in [0.15, 0.2) is 0 Å². The number of hydrogen-bond donors (Lipinski definition) is 1. The van der Waals surface area contributed by atoms with Crippen LogP contribution in [0.4, 0.5) is 0 Å². The maximum Gasteiger partial charge on any atom is 0.226 e. The Bertz CT molecular complexity index is 768. The first-order chi connectivity index (χ1) is 13.1. The van der Waals surface area contributed by atoms with Gasteiger partial charge in [0.25, 0.3) is 0 Å². The van der Waals surface area contributed by atoms with E-state index in [1.54, 1.807) is 0 Å². The molecule has 27 heavy (non-hydrogen) atoms. The fourth-order valence-electron chi connectivity index (χ4n) is 3.49. The minimum atomic E-state index is 0.0624. The number of hydrogen-bond acceptors (Lipinski definition) is 3. The molecule has 1 aromatic heterocycles. The smallest absolute Gasteiger partial charge is 0.226 e. The Hall–Kier alpha value is -2.69. The zero-order chi connectivity index (χ0) is 19.1. The number of benzene rings is 1. The van der Waals surface area contributed by atoms with Crippen molar-refractivity contribution < 1.29 is 9.59 Å². The predicted molar refractivity (Wildman–Crippen MR) is 105 cm³/mol. The van der Waals surface area contributed by atoms with E-state index in [4.69, 9.17) is 0 Å². The molecule has 5 heteroatoms. The molecule has 5 nitrogen and oxygen atoms in total. The fourth-order valence-corrected chi connectivity index (χ4v) is 3.49. The van der Waals surface area contributed by atoms with Crippen molar-refractivity contribution in [2.75, 3.05) is 13.1 Å². The van der Waals surface area contributed by atoms with E-state index < -0.39 is 0 Å². The summed E-state index contributed by atoms with van der Waals surface area (Å²) in [7, 11) is 0. The fraction of sp³-hybridized carbons (Fsp3) is 0.409. The molecule has 0 radical (unpaired) electrons. The zero-order valence-electron chi connectivity index (χ0n) is 15.9. The van der Waals surface area contributed by atoms with Crippen molar-refractivity contribution in [1.82, 2.24) is 15.2 Å². The molecule has 1 aliphatic rings. The molecule has 1 aromatic carbocycles. The van der Waals surface area contributed by atoms with Crippen LogP contribution in [-0.2, 0) is 22.6 Å². The topological polar surface area (TPSA) is 62.3 Å². The molecule has 3 rings (SSSR count).